The Kier molecular flexibility index (Phi) is 5.12. The van der Waals surface area contributed by atoms with Crippen LogP contribution in [-0.4, -0.2) is 58.7 Å². The number of primary amides is 1. The zero-order chi connectivity index (χ0) is 16.3. The lowest BCUT2D eigenvalue weighted by Crippen LogP contribution is -2.41. The van der Waals surface area contributed by atoms with Crippen molar-refractivity contribution in [2.75, 3.05) is 26.2 Å². The monoisotopic (exact) mass is 324 g/mol. The molecule has 22 heavy (non-hydrogen) atoms. The van der Waals surface area contributed by atoms with Crippen LogP contribution in [-0.2, 0) is 20.8 Å². The molecule has 2 N–H and O–H groups in total. The highest BCUT2D eigenvalue weighted by Crippen LogP contribution is 2.13. The average molecular weight is 324 g/mol. The SMILES string of the molecule is CC(=O)N1CCN(C(=O)Cc2csc(C)n2)CC(C(N)=O)C1. The minimum absolute atomic E-state index is 0.0954. The third kappa shape index (κ3) is 4.03. The highest BCUT2D eigenvalue weighted by molar-refractivity contribution is 7.09. The summed E-state index contributed by atoms with van der Waals surface area (Å²) in [7, 11) is 0. The molecule has 120 valence electrons. The first-order chi connectivity index (χ1) is 10.4. The topological polar surface area (TPSA) is 96.6 Å². The summed E-state index contributed by atoms with van der Waals surface area (Å²) >= 11 is 1.50. The van der Waals surface area contributed by atoms with Crippen LogP contribution in [0, 0.1) is 12.8 Å². The number of aryl methyl sites for hydroxylation is 1. The van der Waals surface area contributed by atoms with Crippen LogP contribution in [0.2, 0.25) is 0 Å². The number of hydrogen-bond acceptors (Lipinski definition) is 5. The normalized spacial score (nSPS) is 18.9. The van der Waals surface area contributed by atoms with Crippen LogP contribution in [0.5, 0.6) is 0 Å². The summed E-state index contributed by atoms with van der Waals surface area (Å²) in [4.78, 5) is 43.0. The van der Waals surface area contributed by atoms with Crippen molar-refractivity contribution < 1.29 is 14.4 Å². The Morgan fingerprint density at radius 1 is 1.32 bits per heavy atom. The van der Waals surface area contributed by atoms with Gasteiger partial charge in [0.1, 0.15) is 0 Å². The van der Waals surface area contributed by atoms with Gasteiger partial charge in [0, 0.05) is 38.5 Å². The summed E-state index contributed by atoms with van der Waals surface area (Å²) in [5, 5.41) is 2.77. The molecule has 1 atom stereocenters. The van der Waals surface area contributed by atoms with Crippen molar-refractivity contribution in [3.63, 3.8) is 0 Å². The van der Waals surface area contributed by atoms with E-state index >= 15 is 0 Å². The summed E-state index contributed by atoms with van der Waals surface area (Å²) < 4.78 is 0. The van der Waals surface area contributed by atoms with E-state index in [0.29, 0.717) is 13.1 Å². The van der Waals surface area contributed by atoms with Gasteiger partial charge in [-0.3, -0.25) is 14.4 Å². The maximum Gasteiger partial charge on any atom is 0.228 e. The van der Waals surface area contributed by atoms with Crippen LogP contribution < -0.4 is 5.73 Å². The molecule has 8 heteroatoms. The fraction of sp³-hybridized carbons (Fsp3) is 0.571. The second kappa shape index (κ2) is 6.87. The summed E-state index contributed by atoms with van der Waals surface area (Å²) in [5.74, 6) is -1.24. The fourth-order valence-corrected chi connectivity index (χ4v) is 3.08. The van der Waals surface area contributed by atoms with Gasteiger partial charge in [-0.1, -0.05) is 0 Å². The molecule has 1 aromatic heterocycles. The van der Waals surface area contributed by atoms with Gasteiger partial charge in [0.2, 0.25) is 17.7 Å². The summed E-state index contributed by atoms with van der Waals surface area (Å²) in [6.45, 7) is 4.68. The summed E-state index contributed by atoms with van der Waals surface area (Å²) in [5.41, 5.74) is 6.12. The number of aromatic nitrogens is 1. The molecular formula is C14H20N4O3S. The number of rotatable bonds is 3. The van der Waals surface area contributed by atoms with Gasteiger partial charge in [-0.05, 0) is 6.92 Å². The lowest BCUT2D eigenvalue weighted by Gasteiger charge is -2.22. The van der Waals surface area contributed by atoms with E-state index in [4.69, 9.17) is 5.73 Å². The van der Waals surface area contributed by atoms with Crippen molar-refractivity contribution in [3.8, 4) is 0 Å². The Hall–Kier alpha value is -1.96. The predicted molar refractivity (Wildman–Crippen MR) is 82.1 cm³/mol. The smallest absolute Gasteiger partial charge is 0.228 e. The Morgan fingerprint density at radius 3 is 2.50 bits per heavy atom. The van der Waals surface area contributed by atoms with Gasteiger partial charge in [0.05, 0.1) is 23.0 Å². The van der Waals surface area contributed by atoms with E-state index in [9.17, 15) is 14.4 Å². The van der Waals surface area contributed by atoms with Crippen molar-refractivity contribution >= 4 is 29.1 Å². The molecule has 0 radical (unpaired) electrons. The first-order valence-corrected chi connectivity index (χ1v) is 7.98. The first-order valence-electron chi connectivity index (χ1n) is 7.10. The minimum Gasteiger partial charge on any atom is -0.369 e. The summed E-state index contributed by atoms with van der Waals surface area (Å²) in [6.07, 6.45) is 0.204. The summed E-state index contributed by atoms with van der Waals surface area (Å²) in [6, 6.07) is 0. The highest BCUT2D eigenvalue weighted by Gasteiger charge is 2.29. The fourth-order valence-electron chi connectivity index (χ4n) is 2.46. The lowest BCUT2D eigenvalue weighted by molar-refractivity contribution is -0.132. The van der Waals surface area contributed by atoms with E-state index in [1.54, 1.807) is 9.80 Å². The minimum atomic E-state index is -0.535. The van der Waals surface area contributed by atoms with Crippen LogP contribution in [0.1, 0.15) is 17.6 Å². The molecule has 1 saturated heterocycles. The predicted octanol–water partition coefficient (Wildman–Crippen LogP) is -0.214. The van der Waals surface area contributed by atoms with Crippen molar-refractivity contribution in [1.29, 1.82) is 0 Å². The molecule has 7 nitrogen and oxygen atoms in total. The zero-order valence-corrected chi connectivity index (χ0v) is 13.6. The third-order valence-corrected chi connectivity index (χ3v) is 4.54. The number of carbonyl (C=O) groups excluding carboxylic acids is 3. The van der Waals surface area contributed by atoms with Crippen molar-refractivity contribution in [3.05, 3.63) is 16.1 Å². The van der Waals surface area contributed by atoms with Crippen LogP contribution in [0.15, 0.2) is 5.38 Å². The van der Waals surface area contributed by atoms with Crippen LogP contribution >= 0.6 is 11.3 Å². The second-order valence-corrected chi connectivity index (χ2v) is 6.50. The van der Waals surface area contributed by atoms with E-state index in [1.165, 1.54) is 18.3 Å². The van der Waals surface area contributed by atoms with Gasteiger partial charge in [-0.25, -0.2) is 4.98 Å². The van der Waals surface area contributed by atoms with Gasteiger partial charge in [0.25, 0.3) is 0 Å². The molecule has 2 rings (SSSR count). The van der Waals surface area contributed by atoms with E-state index in [2.05, 4.69) is 4.98 Å². The molecular weight excluding hydrogens is 304 g/mol. The molecule has 1 aromatic rings. The van der Waals surface area contributed by atoms with Crippen molar-refractivity contribution in [1.82, 2.24) is 14.8 Å². The van der Waals surface area contributed by atoms with E-state index in [0.717, 1.165) is 10.7 Å². The van der Waals surface area contributed by atoms with Crippen LogP contribution in [0.4, 0.5) is 0 Å². The lowest BCUT2D eigenvalue weighted by atomic mass is 10.1. The molecule has 3 amide bonds. The molecule has 1 fully saturated rings. The Bertz CT molecular complexity index is 586. The van der Waals surface area contributed by atoms with Crippen LogP contribution in [0.3, 0.4) is 0 Å². The van der Waals surface area contributed by atoms with Gasteiger partial charge in [-0.15, -0.1) is 11.3 Å². The molecule has 2 heterocycles. The standard InChI is InChI=1S/C14H20N4O3S/c1-9-16-12(8-22-9)5-13(20)18-4-3-17(10(2)19)6-11(7-18)14(15)21/h8,11H,3-7H2,1-2H3,(H2,15,21). The number of thiazole rings is 1. The number of hydrogen-bond donors (Lipinski definition) is 1. The second-order valence-electron chi connectivity index (χ2n) is 5.44. The zero-order valence-electron chi connectivity index (χ0n) is 12.7. The highest BCUT2D eigenvalue weighted by atomic mass is 32.1. The van der Waals surface area contributed by atoms with E-state index in [1.807, 2.05) is 12.3 Å². The van der Waals surface area contributed by atoms with Gasteiger partial charge in [-0.2, -0.15) is 0 Å². The molecule has 0 saturated carbocycles. The maximum atomic E-state index is 12.4. The molecule has 0 aliphatic carbocycles. The van der Waals surface area contributed by atoms with E-state index < -0.39 is 11.8 Å². The Balaban J connectivity index is 2.07. The molecule has 0 aromatic carbocycles. The van der Waals surface area contributed by atoms with Gasteiger partial charge < -0.3 is 15.5 Å². The molecule has 1 aliphatic rings. The average Bonchev–Trinajstić information content (AvgIpc) is 2.73. The number of carbonyl (C=O) groups is 3. The maximum absolute atomic E-state index is 12.4. The Labute approximate surface area is 133 Å². The number of nitrogens with zero attached hydrogens (tertiary/aromatic N) is 3. The Morgan fingerprint density at radius 2 is 1.95 bits per heavy atom. The number of nitrogens with two attached hydrogens (primary N) is 1. The first kappa shape index (κ1) is 16.4. The molecule has 1 aliphatic heterocycles. The molecule has 0 spiro atoms. The van der Waals surface area contributed by atoms with Gasteiger partial charge in [0.15, 0.2) is 0 Å². The van der Waals surface area contributed by atoms with Gasteiger partial charge >= 0.3 is 0 Å². The third-order valence-electron chi connectivity index (χ3n) is 3.72. The molecule has 1 unspecified atom stereocenters. The quantitative estimate of drug-likeness (QED) is 0.832. The number of amides is 3. The van der Waals surface area contributed by atoms with Crippen LogP contribution in [0.25, 0.3) is 0 Å². The molecule has 0 bridgehead atoms. The van der Waals surface area contributed by atoms with Crippen molar-refractivity contribution in [2.24, 2.45) is 11.7 Å². The van der Waals surface area contributed by atoms with E-state index in [-0.39, 0.29) is 31.3 Å². The largest absolute Gasteiger partial charge is 0.369 e. The van der Waals surface area contributed by atoms with Crippen molar-refractivity contribution in [2.45, 2.75) is 20.3 Å².